The second-order valence-corrected chi connectivity index (χ2v) is 7.65. The number of hydrogen-bond acceptors (Lipinski definition) is 3. The number of amides is 1. The summed E-state index contributed by atoms with van der Waals surface area (Å²) in [6, 6.07) is 1.39. The van der Waals surface area contributed by atoms with Crippen LogP contribution >= 0.6 is 22.3 Å². The fraction of sp³-hybridized carbons (Fsp3) is 0.417. The van der Waals surface area contributed by atoms with Gasteiger partial charge in [0.05, 0.1) is 10.6 Å². The van der Waals surface area contributed by atoms with E-state index in [4.69, 9.17) is 22.3 Å². The van der Waals surface area contributed by atoms with Gasteiger partial charge in [0.1, 0.15) is 10.7 Å². The predicted molar refractivity (Wildman–Crippen MR) is 76.2 cm³/mol. The first-order valence-corrected chi connectivity index (χ1v) is 8.47. The third-order valence-electron chi connectivity index (χ3n) is 2.89. The molecule has 0 radical (unpaired) electrons. The molecule has 0 aliphatic carbocycles. The Morgan fingerprint density at radius 3 is 2.30 bits per heavy atom. The summed E-state index contributed by atoms with van der Waals surface area (Å²) < 4.78 is 36.3. The van der Waals surface area contributed by atoms with Crippen molar-refractivity contribution in [2.24, 2.45) is 5.92 Å². The Morgan fingerprint density at radius 1 is 1.30 bits per heavy atom. The lowest BCUT2D eigenvalue weighted by molar-refractivity contribution is 0.0926. The summed E-state index contributed by atoms with van der Waals surface area (Å²) in [6.45, 7) is 5.53. The fourth-order valence-corrected chi connectivity index (χ4v) is 2.85. The molecule has 0 saturated carbocycles. The molecule has 1 amide bonds. The molecule has 1 rings (SSSR count). The van der Waals surface area contributed by atoms with Crippen LogP contribution in [0, 0.1) is 11.7 Å². The number of rotatable bonds is 4. The quantitative estimate of drug-likeness (QED) is 0.855. The second kappa shape index (κ2) is 6.28. The Morgan fingerprint density at radius 2 is 1.85 bits per heavy atom. The summed E-state index contributed by atoms with van der Waals surface area (Å²) in [5.74, 6) is -1.49. The normalized spacial score (nSPS) is 13.3. The minimum absolute atomic E-state index is 0.144. The van der Waals surface area contributed by atoms with Crippen molar-refractivity contribution in [3.05, 3.63) is 28.5 Å². The van der Waals surface area contributed by atoms with E-state index in [1.807, 2.05) is 13.8 Å². The Labute approximate surface area is 126 Å². The van der Waals surface area contributed by atoms with Crippen LogP contribution in [0.3, 0.4) is 0 Å². The van der Waals surface area contributed by atoms with Gasteiger partial charge in [-0.25, -0.2) is 12.8 Å². The van der Waals surface area contributed by atoms with E-state index in [0.717, 1.165) is 12.1 Å². The predicted octanol–water partition coefficient (Wildman–Crippen LogP) is 3.18. The molecule has 0 heterocycles. The lowest BCUT2D eigenvalue weighted by atomic mass is 10.1. The summed E-state index contributed by atoms with van der Waals surface area (Å²) in [6.07, 6.45) is 0. The van der Waals surface area contributed by atoms with E-state index in [9.17, 15) is 17.6 Å². The first-order chi connectivity index (χ1) is 9.04. The van der Waals surface area contributed by atoms with Gasteiger partial charge < -0.3 is 5.32 Å². The van der Waals surface area contributed by atoms with Crippen LogP contribution in [-0.4, -0.2) is 20.4 Å². The van der Waals surface area contributed by atoms with Gasteiger partial charge in [-0.3, -0.25) is 4.79 Å². The van der Waals surface area contributed by atoms with Crippen molar-refractivity contribution < 1.29 is 17.6 Å². The number of hydrogen-bond donors (Lipinski definition) is 1. The molecule has 0 bridgehead atoms. The van der Waals surface area contributed by atoms with Crippen molar-refractivity contribution in [3.8, 4) is 0 Å². The van der Waals surface area contributed by atoms with E-state index in [-0.39, 0.29) is 17.0 Å². The monoisotopic (exact) mass is 341 g/mol. The van der Waals surface area contributed by atoms with Gasteiger partial charge in [-0.05, 0) is 25.0 Å². The molecular weight excluding hydrogens is 328 g/mol. The van der Waals surface area contributed by atoms with Crippen LogP contribution in [0.5, 0.6) is 0 Å². The van der Waals surface area contributed by atoms with Crippen LogP contribution in [0.2, 0.25) is 5.02 Å². The molecule has 1 unspecified atom stereocenters. The highest BCUT2D eigenvalue weighted by Crippen LogP contribution is 2.27. The molecule has 0 aromatic heterocycles. The molecule has 0 spiro atoms. The third-order valence-corrected chi connectivity index (χ3v) is 4.67. The van der Waals surface area contributed by atoms with Crippen molar-refractivity contribution >= 4 is 37.2 Å². The number of carbonyl (C=O) groups excluding carboxylic acids is 1. The van der Waals surface area contributed by atoms with Gasteiger partial charge in [0.25, 0.3) is 15.0 Å². The van der Waals surface area contributed by atoms with E-state index in [1.54, 1.807) is 6.92 Å². The van der Waals surface area contributed by atoms with Gasteiger partial charge in [-0.2, -0.15) is 0 Å². The molecule has 1 aromatic carbocycles. The number of benzene rings is 1. The molecule has 1 atom stereocenters. The molecule has 4 nitrogen and oxygen atoms in total. The zero-order valence-corrected chi connectivity index (χ0v) is 13.4. The Bertz CT molecular complexity index is 632. The van der Waals surface area contributed by atoms with Gasteiger partial charge in [0, 0.05) is 16.7 Å². The molecule has 0 aliphatic heterocycles. The third kappa shape index (κ3) is 4.07. The van der Waals surface area contributed by atoms with E-state index >= 15 is 0 Å². The molecule has 1 N–H and O–H groups in total. The van der Waals surface area contributed by atoms with Gasteiger partial charge in [-0.15, -0.1) is 0 Å². The van der Waals surface area contributed by atoms with Gasteiger partial charge >= 0.3 is 0 Å². The smallest absolute Gasteiger partial charge is 0.262 e. The van der Waals surface area contributed by atoms with Crippen LogP contribution in [0.4, 0.5) is 4.39 Å². The molecule has 1 aromatic rings. The van der Waals surface area contributed by atoms with E-state index in [0.29, 0.717) is 0 Å². The highest BCUT2D eigenvalue weighted by atomic mass is 35.7. The highest BCUT2D eigenvalue weighted by Gasteiger charge is 2.22. The van der Waals surface area contributed by atoms with Gasteiger partial charge in [0.2, 0.25) is 0 Å². The Kier molecular flexibility index (Phi) is 5.40. The van der Waals surface area contributed by atoms with Crippen LogP contribution < -0.4 is 5.32 Å². The molecule has 0 aliphatic rings. The number of halogens is 3. The molecule has 0 saturated heterocycles. The SMILES string of the molecule is CC(C)C(C)NC(=O)c1cc(S(=O)(=O)Cl)c(Cl)cc1F. The molecular formula is C12H14Cl2FNO3S. The first kappa shape index (κ1) is 17.2. The van der Waals surface area contributed by atoms with E-state index in [2.05, 4.69) is 5.32 Å². The van der Waals surface area contributed by atoms with Crippen LogP contribution in [0.15, 0.2) is 17.0 Å². The Hall–Kier alpha value is -0.850. The maximum Gasteiger partial charge on any atom is 0.262 e. The zero-order valence-electron chi connectivity index (χ0n) is 11.1. The molecule has 8 heteroatoms. The minimum atomic E-state index is -4.16. The maximum atomic E-state index is 13.7. The van der Waals surface area contributed by atoms with Crippen molar-refractivity contribution in [1.82, 2.24) is 5.32 Å². The zero-order chi connectivity index (χ0) is 15.7. The van der Waals surface area contributed by atoms with E-state index in [1.165, 1.54) is 0 Å². The van der Waals surface area contributed by atoms with Crippen molar-refractivity contribution in [2.45, 2.75) is 31.7 Å². The highest BCUT2D eigenvalue weighted by molar-refractivity contribution is 8.13. The van der Waals surface area contributed by atoms with Gasteiger partial charge in [-0.1, -0.05) is 25.4 Å². The number of carbonyl (C=O) groups is 1. The summed E-state index contributed by atoms with van der Waals surface area (Å²) in [5.41, 5.74) is -0.416. The van der Waals surface area contributed by atoms with Crippen LogP contribution in [-0.2, 0) is 9.05 Å². The van der Waals surface area contributed by atoms with Crippen molar-refractivity contribution in [1.29, 1.82) is 0 Å². The maximum absolute atomic E-state index is 13.7. The van der Waals surface area contributed by atoms with Gasteiger partial charge in [0.15, 0.2) is 0 Å². The number of nitrogens with one attached hydrogen (secondary N) is 1. The lowest BCUT2D eigenvalue weighted by Gasteiger charge is -2.18. The average molecular weight is 342 g/mol. The summed E-state index contributed by atoms with van der Waals surface area (Å²) in [4.78, 5) is 11.4. The van der Waals surface area contributed by atoms with E-state index < -0.39 is 31.2 Å². The van der Waals surface area contributed by atoms with Crippen LogP contribution in [0.25, 0.3) is 0 Å². The van der Waals surface area contributed by atoms with Crippen LogP contribution in [0.1, 0.15) is 31.1 Å². The summed E-state index contributed by atoms with van der Waals surface area (Å²) >= 11 is 5.61. The van der Waals surface area contributed by atoms with Crippen molar-refractivity contribution in [2.75, 3.05) is 0 Å². The summed E-state index contributed by atoms with van der Waals surface area (Å²) in [5, 5.41) is 2.21. The van der Waals surface area contributed by atoms with Crippen molar-refractivity contribution in [3.63, 3.8) is 0 Å². The fourth-order valence-electron chi connectivity index (χ4n) is 1.34. The molecule has 112 valence electrons. The minimum Gasteiger partial charge on any atom is -0.349 e. The topological polar surface area (TPSA) is 63.2 Å². The largest absolute Gasteiger partial charge is 0.349 e. The molecule has 20 heavy (non-hydrogen) atoms. The second-order valence-electron chi connectivity index (χ2n) is 4.71. The summed E-state index contributed by atoms with van der Waals surface area (Å²) in [7, 11) is 1.03. The standard InChI is InChI=1S/C12H14Cl2FNO3S/c1-6(2)7(3)16-12(17)8-4-11(20(14,18)19)9(13)5-10(8)15/h4-7H,1-3H3,(H,16,17). The Balaban J connectivity index is 3.22. The average Bonchev–Trinajstić information content (AvgIpc) is 2.26. The molecule has 0 fully saturated rings. The first-order valence-electron chi connectivity index (χ1n) is 5.78. The lowest BCUT2D eigenvalue weighted by Crippen LogP contribution is -2.36.